The number of hydrazone groups is 1. The zero-order chi connectivity index (χ0) is 27.9. The van der Waals surface area contributed by atoms with E-state index in [9.17, 15) is 9.90 Å². The third-order valence-electron chi connectivity index (χ3n) is 5.57. The van der Waals surface area contributed by atoms with Crippen molar-refractivity contribution >= 4 is 39.8 Å². The zero-order valence-electron chi connectivity index (χ0n) is 21.6. The number of ether oxygens (including phenoxy) is 3. The molecule has 0 fully saturated rings. The summed E-state index contributed by atoms with van der Waals surface area (Å²) < 4.78 is 18.3. The van der Waals surface area contributed by atoms with Crippen molar-refractivity contribution in [2.45, 2.75) is 12.1 Å². The molecule has 0 atom stereocenters. The summed E-state index contributed by atoms with van der Waals surface area (Å²) in [5.74, 6) is 1.76. The Bertz CT molecular complexity index is 1510. The number of methoxy groups -OCH3 is 3. The van der Waals surface area contributed by atoms with Crippen LogP contribution in [0.5, 0.6) is 23.0 Å². The minimum Gasteiger partial charge on any atom is -0.503 e. The summed E-state index contributed by atoms with van der Waals surface area (Å²) in [5.41, 5.74) is 5.88. The lowest BCUT2D eigenvalue weighted by Gasteiger charge is -2.12. The molecule has 10 nitrogen and oxygen atoms in total. The molecule has 0 saturated carbocycles. The molecule has 0 aliphatic rings. The van der Waals surface area contributed by atoms with Gasteiger partial charge in [-0.2, -0.15) is 5.10 Å². The van der Waals surface area contributed by atoms with E-state index in [1.807, 2.05) is 54.0 Å². The van der Waals surface area contributed by atoms with Gasteiger partial charge in [0.25, 0.3) is 5.91 Å². The summed E-state index contributed by atoms with van der Waals surface area (Å²) in [6.07, 6.45) is 1.46. The van der Waals surface area contributed by atoms with Crippen LogP contribution in [0.4, 0.5) is 0 Å². The number of halogens is 1. The van der Waals surface area contributed by atoms with Gasteiger partial charge in [0, 0.05) is 11.3 Å². The molecule has 0 radical (unpaired) electrons. The molecule has 0 bridgehead atoms. The normalized spacial score (nSPS) is 11.0. The summed E-state index contributed by atoms with van der Waals surface area (Å²) in [6, 6.07) is 16.7. The van der Waals surface area contributed by atoms with Crippen molar-refractivity contribution in [2.24, 2.45) is 5.10 Å². The third-order valence-corrected chi connectivity index (χ3v) is 7.11. The number of aromatic hydroxyl groups is 1. The molecule has 0 unspecified atom stereocenters. The number of phenols is 1. The van der Waals surface area contributed by atoms with Crippen LogP contribution in [-0.2, 0) is 4.79 Å². The Morgan fingerprint density at radius 1 is 1.03 bits per heavy atom. The highest BCUT2D eigenvalue weighted by atomic mass is 79.9. The first-order chi connectivity index (χ1) is 18.8. The minimum atomic E-state index is -0.327. The van der Waals surface area contributed by atoms with Crippen LogP contribution >= 0.6 is 27.7 Å². The summed E-state index contributed by atoms with van der Waals surface area (Å²) in [7, 11) is 4.61. The summed E-state index contributed by atoms with van der Waals surface area (Å²) >= 11 is 4.49. The van der Waals surface area contributed by atoms with Crippen LogP contribution in [0.2, 0.25) is 0 Å². The maximum Gasteiger partial charge on any atom is 0.250 e. The van der Waals surface area contributed by atoms with Gasteiger partial charge in [0.15, 0.2) is 34.0 Å². The molecule has 4 rings (SSSR count). The highest BCUT2D eigenvalue weighted by Crippen LogP contribution is 2.35. The van der Waals surface area contributed by atoms with Gasteiger partial charge in [0.2, 0.25) is 0 Å². The van der Waals surface area contributed by atoms with E-state index < -0.39 is 0 Å². The minimum absolute atomic E-state index is 0.0137. The van der Waals surface area contributed by atoms with Gasteiger partial charge in [-0.25, -0.2) is 5.43 Å². The number of aromatic nitrogens is 3. The van der Waals surface area contributed by atoms with Crippen LogP contribution in [0.25, 0.3) is 17.1 Å². The van der Waals surface area contributed by atoms with Crippen molar-refractivity contribution in [3.05, 3.63) is 70.2 Å². The van der Waals surface area contributed by atoms with Crippen molar-refractivity contribution in [3.8, 4) is 40.1 Å². The van der Waals surface area contributed by atoms with E-state index in [4.69, 9.17) is 14.2 Å². The van der Waals surface area contributed by atoms with E-state index in [0.717, 1.165) is 16.8 Å². The molecular weight excluding hydrogens is 586 g/mol. The molecule has 0 aliphatic heterocycles. The van der Waals surface area contributed by atoms with Gasteiger partial charge in [-0.05, 0) is 70.9 Å². The van der Waals surface area contributed by atoms with Gasteiger partial charge in [0.1, 0.15) is 0 Å². The molecule has 3 aromatic carbocycles. The van der Waals surface area contributed by atoms with Gasteiger partial charge in [-0.15, -0.1) is 10.2 Å². The lowest BCUT2D eigenvalue weighted by atomic mass is 10.1. The molecule has 1 heterocycles. The third kappa shape index (κ3) is 6.52. The first kappa shape index (κ1) is 28.0. The molecule has 202 valence electrons. The Kier molecular flexibility index (Phi) is 9.10. The Hall–Kier alpha value is -4.03. The quantitative estimate of drug-likeness (QED) is 0.146. The predicted octanol–water partition coefficient (Wildman–Crippen LogP) is 4.98. The lowest BCUT2D eigenvalue weighted by Crippen LogP contribution is -2.20. The standard InChI is InChI=1S/C27H26BrN5O5S/c1-16-5-8-19(9-6-16)33-26(18-7-10-21(36-2)22(13-18)37-3)31-32-27(33)39-15-24(34)30-29-14-17-11-20(28)25(35)23(12-17)38-4/h5-14,35H,15H2,1-4H3,(H,30,34)/b29-14-. The highest BCUT2D eigenvalue weighted by Gasteiger charge is 2.19. The number of phenolic OH excluding ortho intramolecular Hbond substituents is 1. The van der Waals surface area contributed by atoms with Crippen molar-refractivity contribution in [1.29, 1.82) is 0 Å². The molecule has 0 spiro atoms. The number of hydrogen-bond donors (Lipinski definition) is 2. The van der Waals surface area contributed by atoms with Crippen LogP contribution in [-0.4, -0.2) is 59.1 Å². The zero-order valence-corrected chi connectivity index (χ0v) is 24.0. The second kappa shape index (κ2) is 12.7. The van der Waals surface area contributed by atoms with Crippen LogP contribution in [0.15, 0.2) is 69.3 Å². The number of nitrogens with zero attached hydrogens (tertiary/aromatic N) is 4. The van der Waals surface area contributed by atoms with Gasteiger partial charge >= 0.3 is 0 Å². The fourth-order valence-electron chi connectivity index (χ4n) is 3.62. The maximum absolute atomic E-state index is 12.6. The van der Waals surface area contributed by atoms with Crippen molar-refractivity contribution in [3.63, 3.8) is 0 Å². The molecule has 2 N–H and O–H groups in total. The Morgan fingerprint density at radius 2 is 1.74 bits per heavy atom. The van der Waals surface area contributed by atoms with Gasteiger partial charge in [-0.1, -0.05) is 29.5 Å². The second-order valence-corrected chi connectivity index (χ2v) is 9.98. The SMILES string of the molecule is COc1ccc(-c2nnc(SCC(=O)N/N=C\c3cc(Br)c(O)c(OC)c3)n2-c2ccc(C)cc2)cc1OC. The highest BCUT2D eigenvalue weighted by molar-refractivity contribution is 9.10. The number of carbonyl (C=O) groups excluding carboxylic acids is 1. The Balaban J connectivity index is 1.54. The number of carbonyl (C=O) groups is 1. The predicted molar refractivity (Wildman–Crippen MR) is 153 cm³/mol. The first-order valence-corrected chi connectivity index (χ1v) is 13.4. The Labute approximate surface area is 238 Å². The molecular formula is C27H26BrN5O5S. The molecule has 12 heteroatoms. The Morgan fingerprint density at radius 3 is 2.44 bits per heavy atom. The van der Waals surface area contributed by atoms with Crippen molar-refractivity contribution in [1.82, 2.24) is 20.2 Å². The van der Waals surface area contributed by atoms with E-state index in [2.05, 4.69) is 36.7 Å². The topological polar surface area (TPSA) is 120 Å². The summed E-state index contributed by atoms with van der Waals surface area (Å²) in [4.78, 5) is 12.6. The fourth-order valence-corrected chi connectivity index (χ4v) is 4.82. The van der Waals surface area contributed by atoms with Crippen LogP contribution in [0.3, 0.4) is 0 Å². The second-order valence-electron chi connectivity index (χ2n) is 8.18. The van der Waals surface area contributed by atoms with E-state index in [1.165, 1.54) is 25.1 Å². The van der Waals surface area contributed by atoms with E-state index in [1.54, 1.807) is 26.4 Å². The number of rotatable bonds is 10. The molecule has 4 aromatic rings. The van der Waals surface area contributed by atoms with Crippen LogP contribution in [0.1, 0.15) is 11.1 Å². The van der Waals surface area contributed by atoms with Crippen molar-refractivity contribution < 1.29 is 24.1 Å². The smallest absolute Gasteiger partial charge is 0.250 e. The van der Waals surface area contributed by atoms with E-state index in [-0.39, 0.29) is 23.2 Å². The van der Waals surface area contributed by atoms with Crippen molar-refractivity contribution in [2.75, 3.05) is 27.1 Å². The first-order valence-electron chi connectivity index (χ1n) is 11.6. The van der Waals surface area contributed by atoms with E-state index in [0.29, 0.717) is 32.5 Å². The average Bonchev–Trinajstić information content (AvgIpc) is 3.37. The number of thioether (sulfide) groups is 1. The average molecular weight is 613 g/mol. The molecule has 0 saturated heterocycles. The number of benzene rings is 3. The van der Waals surface area contributed by atoms with E-state index >= 15 is 0 Å². The number of aryl methyl sites for hydroxylation is 1. The number of amides is 1. The summed E-state index contributed by atoms with van der Waals surface area (Å²) in [6.45, 7) is 2.01. The monoisotopic (exact) mass is 611 g/mol. The molecule has 1 amide bonds. The van der Waals surface area contributed by atoms with Crippen LogP contribution in [0, 0.1) is 6.92 Å². The molecule has 39 heavy (non-hydrogen) atoms. The maximum atomic E-state index is 12.6. The molecule has 0 aliphatic carbocycles. The number of nitrogens with one attached hydrogen (secondary N) is 1. The van der Waals surface area contributed by atoms with Gasteiger partial charge in [-0.3, -0.25) is 9.36 Å². The largest absolute Gasteiger partial charge is 0.503 e. The van der Waals surface area contributed by atoms with Gasteiger partial charge in [0.05, 0.1) is 37.8 Å². The number of hydrogen-bond acceptors (Lipinski definition) is 9. The van der Waals surface area contributed by atoms with Gasteiger partial charge < -0.3 is 19.3 Å². The fraction of sp³-hybridized carbons (Fsp3) is 0.185. The lowest BCUT2D eigenvalue weighted by molar-refractivity contribution is -0.118. The molecule has 1 aromatic heterocycles. The summed E-state index contributed by atoms with van der Waals surface area (Å²) in [5, 5.41) is 23.3. The van der Waals surface area contributed by atoms with Crippen LogP contribution < -0.4 is 19.6 Å².